The number of anilines is 2. The van der Waals surface area contributed by atoms with Crippen LogP contribution in [0.15, 0.2) is 18.2 Å². The Bertz CT molecular complexity index is 694. The number of amides is 1. The van der Waals surface area contributed by atoms with Crippen LogP contribution in [-0.4, -0.2) is 48.5 Å². The van der Waals surface area contributed by atoms with Crippen molar-refractivity contribution in [1.82, 2.24) is 4.90 Å². The van der Waals surface area contributed by atoms with E-state index in [4.69, 9.17) is 0 Å². The molecule has 0 saturated carbocycles. The third-order valence-electron chi connectivity index (χ3n) is 5.58. The first kappa shape index (κ1) is 19.6. The van der Waals surface area contributed by atoms with Gasteiger partial charge < -0.3 is 10.2 Å². The molecule has 27 heavy (non-hydrogen) atoms. The van der Waals surface area contributed by atoms with Crippen molar-refractivity contribution in [2.75, 3.05) is 42.9 Å². The number of nitrogens with zero attached hydrogens (tertiary/aromatic N) is 3. The molecule has 3 rings (SSSR count). The number of piperidine rings is 2. The molecule has 2 heterocycles. The lowest BCUT2D eigenvalue weighted by Crippen LogP contribution is -2.39. The maximum atomic E-state index is 12.5. The molecule has 0 aliphatic carbocycles. The van der Waals surface area contributed by atoms with Gasteiger partial charge >= 0.3 is 0 Å². The van der Waals surface area contributed by atoms with Crippen LogP contribution < -0.4 is 10.2 Å². The Morgan fingerprint density at radius 2 is 1.89 bits per heavy atom. The molecule has 2 aliphatic heterocycles. The van der Waals surface area contributed by atoms with Gasteiger partial charge in [-0.15, -0.1) is 0 Å². The Balaban J connectivity index is 1.72. The normalized spacial score (nSPS) is 23.9. The van der Waals surface area contributed by atoms with Crippen molar-refractivity contribution >= 4 is 23.0 Å². The summed E-state index contributed by atoms with van der Waals surface area (Å²) in [5.41, 5.74) is 1.18. The SMILES string of the molecule is C[C@@H]1CCCN(c2ccc([N+](=O)[O-])c(NC(=O)CN3CCC[C@H](C)C3)c2)C1. The standard InChI is InChI=1S/C20H30N4O3/c1-15-5-3-9-22(12-15)14-20(25)21-18-11-17(7-8-19(18)24(26)27)23-10-4-6-16(2)13-23/h7-8,11,15-16H,3-6,9-10,12-14H2,1-2H3,(H,21,25)/t15-,16+/m0/s1. The molecule has 2 aliphatic rings. The van der Waals surface area contributed by atoms with Gasteiger partial charge in [-0.1, -0.05) is 13.8 Å². The van der Waals surface area contributed by atoms with Gasteiger partial charge in [0.2, 0.25) is 5.91 Å². The van der Waals surface area contributed by atoms with E-state index in [2.05, 4.69) is 29.0 Å². The van der Waals surface area contributed by atoms with Crippen LogP contribution in [-0.2, 0) is 4.79 Å². The number of nitro groups is 1. The summed E-state index contributed by atoms with van der Waals surface area (Å²) in [7, 11) is 0. The Kier molecular flexibility index (Phi) is 6.31. The van der Waals surface area contributed by atoms with Crippen LogP contribution in [0, 0.1) is 22.0 Å². The summed E-state index contributed by atoms with van der Waals surface area (Å²) in [6, 6.07) is 5.05. The van der Waals surface area contributed by atoms with Gasteiger partial charge in [0.05, 0.1) is 11.5 Å². The third kappa shape index (κ3) is 5.19. The van der Waals surface area contributed by atoms with Gasteiger partial charge in [-0.3, -0.25) is 19.8 Å². The molecular formula is C20H30N4O3. The van der Waals surface area contributed by atoms with Gasteiger partial charge in [-0.25, -0.2) is 0 Å². The molecule has 2 saturated heterocycles. The van der Waals surface area contributed by atoms with E-state index in [0.29, 0.717) is 17.5 Å². The number of benzene rings is 1. The molecule has 1 amide bonds. The highest BCUT2D eigenvalue weighted by Gasteiger charge is 2.23. The summed E-state index contributed by atoms with van der Waals surface area (Å²) in [6.07, 6.45) is 4.62. The van der Waals surface area contributed by atoms with Crippen LogP contribution in [0.1, 0.15) is 39.5 Å². The van der Waals surface area contributed by atoms with Crippen molar-refractivity contribution in [3.63, 3.8) is 0 Å². The number of rotatable bonds is 5. The topological polar surface area (TPSA) is 78.7 Å². The zero-order valence-electron chi connectivity index (χ0n) is 16.3. The number of nitrogens with one attached hydrogen (secondary N) is 1. The predicted octanol–water partition coefficient (Wildman–Crippen LogP) is 3.50. The molecule has 1 aromatic carbocycles. The second-order valence-electron chi connectivity index (χ2n) is 8.18. The van der Waals surface area contributed by atoms with E-state index in [0.717, 1.165) is 44.7 Å². The summed E-state index contributed by atoms with van der Waals surface area (Å²) in [6.45, 7) is 8.40. The van der Waals surface area contributed by atoms with Crippen LogP contribution in [0.5, 0.6) is 0 Å². The molecule has 0 aromatic heterocycles. The van der Waals surface area contributed by atoms with Crippen molar-refractivity contribution in [3.05, 3.63) is 28.3 Å². The van der Waals surface area contributed by atoms with Crippen molar-refractivity contribution in [3.8, 4) is 0 Å². The number of nitro benzene ring substituents is 1. The molecule has 0 spiro atoms. The molecule has 0 unspecified atom stereocenters. The summed E-state index contributed by atoms with van der Waals surface area (Å²) in [5.74, 6) is 1.01. The third-order valence-corrected chi connectivity index (χ3v) is 5.58. The van der Waals surface area contributed by atoms with Crippen molar-refractivity contribution in [2.45, 2.75) is 39.5 Å². The minimum absolute atomic E-state index is 0.0517. The number of carbonyl (C=O) groups is 1. The van der Waals surface area contributed by atoms with Crippen LogP contribution in [0.2, 0.25) is 0 Å². The molecule has 148 valence electrons. The molecule has 0 bridgehead atoms. The van der Waals surface area contributed by atoms with Crippen LogP contribution in [0.25, 0.3) is 0 Å². The molecule has 7 nitrogen and oxygen atoms in total. The Hall–Kier alpha value is -2.15. The first-order valence-electron chi connectivity index (χ1n) is 9.98. The highest BCUT2D eigenvalue weighted by molar-refractivity contribution is 5.95. The molecule has 2 fully saturated rings. The van der Waals surface area contributed by atoms with Gasteiger partial charge in [0.25, 0.3) is 5.69 Å². The summed E-state index contributed by atoms with van der Waals surface area (Å²) >= 11 is 0. The Morgan fingerprint density at radius 3 is 2.56 bits per heavy atom. The second kappa shape index (κ2) is 8.69. The van der Waals surface area contributed by atoms with E-state index in [1.165, 1.54) is 18.9 Å². The Morgan fingerprint density at radius 1 is 1.19 bits per heavy atom. The first-order chi connectivity index (χ1) is 12.9. The number of hydrogen-bond donors (Lipinski definition) is 1. The van der Waals surface area contributed by atoms with E-state index >= 15 is 0 Å². The fourth-order valence-corrected chi connectivity index (χ4v) is 4.23. The van der Waals surface area contributed by atoms with E-state index in [1.54, 1.807) is 12.1 Å². The average Bonchev–Trinajstić information content (AvgIpc) is 2.61. The highest BCUT2D eigenvalue weighted by atomic mass is 16.6. The minimum atomic E-state index is -0.429. The lowest BCUT2D eigenvalue weighted by Gasteiger charge is -2.33. The number of hydrogen-bond acceptors (Lipinski definition) is 5. The van der Waals surface area contributed by atoms with Crippen molar-refractivity contribution in [2.24, 2.45) is 11.8 Å². The van der Waals surface area contributed by atoms with Gasteiger partial charge in [-0.05, 0) is 56.2 Å². The zero-order chi connectivity index (χ0) is 19.4. The van der Waals surface area contributed by atoms with E-state index in [1.807, 2.05) is 0 Å². The van der Waals surface area contributed by atoms with Gasteiger partial charge in [0, 0.05) is 31.4 Å². The minimum Gasteiger partial charge on any atom is -0.371 e. The van der Waals surface area contributed by atoms with Crippen molar-refractivity contribution in [1.29, 1.82) is 0 Å². The predicted molar refractivity (Wildman–Crippen MR) is 107 cm³/mol. The maximum absolute atomic E-state index is 12.5. The van der Waals surface area contributed by atoms with E-state index < -0.39 is 4.92 Å². The fraction of sp³-hybridized carbons (Fsp3) is 0.650. The molecule has 0 radical (unpaired) electrons. The van der Waals surface area contributed by atoms with Gasteiger partial charge in [-0.2, -0.15) is 0 Å². The smallest absolute Gasteiger partial charge is 0.292 e. The molecular weight excluding hydrogens is 344 g/mol. The Labute approximate surface area is 160 Å². The summed E-state index contributed by atoms with van der Waals surface area (Å²) < 4.78 is 0. The highest BCUT2D eigenvalue weighted by Crippen LogP contribution is 2.31. The van der Waals surface area contributed by atoms with Crippen molar-refractivity contribution < 1.29 is 9.72 Å². The van der Waals surface area contributed by atoms with Crippen LogP contribution in [0.4, 0.5) is 17.1 Å². The fourth-order valence-electron chi connectivity index (χ4n) is 4.23. The van der Waals surface area contributed by atoms with E-state index in [9.17, 15) is 14.9 Å². The lowest BCUT2D eigenvalue weighted by molar-refractivity contribution is -0.383. The molecule has 7 heteroatoms. The first-order valence-corrected chi connectivity index (χ1v) is 9.98. The quantitative estimate of drug-likeness (QED) is 0.630. The molecule has 2 atom stereocenters. The molecule has 1 aromatic rings. The average molecular weight is 374 g/mol. The van der Waals surface area contributed by atoms with Crippen LogP contribution >= 0.6 is 0 Å². The second-order valence-corrected chi connectivity index (χ2v) is 8.18. The number of likely N-dealkylation sites (tertiary alicyclic amines) is 1. The lowest BCUT2D eigenvalue weighted by atomic mass is 9.99. The van der Waals surface area contributed by atoms with E-state index in [-0.39, 0.29) is 18.1 Å². The summed E-state index contributed by atoms with van der Waals surface area (Å²) in [4.78, 5) is 27.9. The maximum Gasteiger partial charge on any atom is 0.292 e. The van der Waals surface area contributed by atoms with Gasteiger partial charge in [0.15, 0.2) is 0 Å². The monoisotopic (exact) mass is 374 g/mol. The number of carbonyl (C=O) groups excluding carboxylic acids is 1. The zero-order valence-corrected chi connectivity index (χ0v) is 16.3. The molecule has 1 N–H and O–H groups in total. The largest absolute Gasteiger partial charge is 0.371 e. The van der Waals surface area contributed by atoms with Gasteiger partial charge in [0.1, 0.15) is 5.69 Å². The van der Waals surface area contributed by atoms with Crippen LogP contribution in [0.3, 0.4) is 0 Å². The summed E-state index contributed by atoms with van der Waals surface area (Å²) in [5, 5.41) is 14.2.